The van der Waals surface area contributed by atoms with Gasteiger partial charge in [0, 0.05) is 18.1 Å². The molecule has 2 aromatic carbocycles. The summed E-state index contributed by atoms with van der Waals surface area (Å²) in [6.07, 6.45) is -0.0183. The minimum Gasteiger partial charge on any atom is -0.485 e. The molecular formula is C20H19ClFN3O3. The van der Waals surface area contributed by atoms with E-state index in [9.17, 15) is 4.39 Å². The number of halogens is 2. The number of morpholine rings is 1. The first-order chi connectivity index (χ1) is 13.7. The fraction of sp³-hybridized carbons (Fsp3) is 0.300. The van der Waals surface area contributed by atoms with Crippen molar-refractivity contribution < 1.29 is 18.4 Å². The van der Waals surface area contributed by atoms with Gasteiger partial charge in [0.2, 0.25) is 11.7 Å². The van der Waals surface area contributed by atoms with Crippen LogP contribution in [0.25, 0.3) is 0 Å². The predicted molar refractivity (Wildman–Crippen MR) is 100 cm³/mol. The second-order valence-corrected chi connectivity index (χ2v) is 6.93. The third-order valence-electron chi connectivity index (χ3n) is 4.44. The third-order valence-corrected chi connectivity index (χ3v) is 4.69. The van der Waals surface area contributed by atoms with Gasteiger partial charge in [-0.2, -0.15) is 4.98 Å². The molecule has 1 atom stereocenters. The molecule has 0 radical (unpaired) electrons. The van der Waals surface area contributed by atoms with Gasteiger partial charge in [-0.25, -0.2) is 4.39 Å². The number of rotatable bonds is 6. The molecule has 4 rings (SSSR count). The zero-order valence-corrected chi connectivity index (χ0v) is 15.8. The van der Waals surface area contributed by atoms with Crippen molar-refractivity contribution in [1.82, 2.24) is 15.0 Å². The van der Waals surface area contributed by atoms with Gasteiger partial charge in [0.15, 0.2) is 6.61 Å². The Kier molecular flexibility index (Phi) is 5.85. The summed E-state index contributed by atoms with van der Waals surface area (Å²) in [5.41, 5.74) is 1.09. The van der Waals surface area contributed by atoms with Gasteiger partial charge in [-0.3, -0.25) is 4.90 Å². The van der Waals surface area contributed by atoms with Gasteiger partial charge in [-0.05, 0) is 42.0 Å². The molecule has 28 heavy (non-hydrogen) atoms. The van der Waals surface area contributed by atoms with Crippen LogP contribution in [0, 0.1) is 5.82 Å². The lowest BCUT2D eigenvalue weighted by molar-refractivity contribution is -0.0355. The monoisotopic (exact) mass is 403 g/mol. The topological polar surface area (TPSA) is 60.6 Å². The Bertz CT molecular complexity index is 902. The van der Waals surface area contributed by atoms with Gasteiger partial charge in [-0.1, -0.05) is 28.9 Å². The Hall–Kier alpha value is -2.48. The Morgan fingerprint density at radius 3 is 2.71 bits per heavy atom. The first-order valence-electron chi connectivity index (χ1n) is 8.95. The Morgan fingerprint density at radius 2 is 1.93 bits per heavy atom. The van der Waals surface area contributed by atoms with E-state index in [0.717, 1.165) is 18.7 Å². The quantitative estimate of drug-likeness (QED) is 0.619. The Balaban J connectivity index is 1.31. The summed E-state index contributed by atoms with van der Waals surface area (Å²) in [7, 11) is 0. The van der Waals surface area contributed by atoms with Crippen molar-refractivity contribution in [3.63, 3.8) is 0 Å². The molecule has 0 saturated carbocycles. The van der Waals surface area contributed by atoms with Crippen molar-refractivity contribution >= 4 is 11.6 Å². The number of benzene rings is 2. The molecule has 1 fully saturated rings. The highest BCUT2D eigenvalue weighted by Crippen LogP contribution is 2.24. The smallest absolute Gasteiger partial charge is 0.240 e. The van der Waals surface area contributed by atoms with E-state index in [1.807, 2.05) is 24.3 Å². The second-order valence-electron chi connectivity index (χ2n) is 6.49. The van der Waals surface area contributed by atoms with E-state index in [1.54, 1.807) is 12.1 Å². The number of hydrogen-bond acceptors (Lipinski definition) is 6. The van der Waals surface area contributed by atoms with Gasteiger partial charge >= 0.3 is 0 Å². The van der Waals surface area contributed by atoms with E-state index in [4.69, 9.17) is 25.6 Å². The largest absolute Gasteiger partial charge is 0.485 e. The van der Waals surface area contributed by atoms with Gasteiger partial charge in [0.05, 0.1) is 19.3 Å². The number of nitrogens with zero attached hydrogens (tertiary/aromatic N) is 3. The van der Waals surface area contributed by atoms with Crippen LogP contribution in [-0.2, 0) is 17.9 Å². The number of aromatic nitrogens is 2. The highest BCUT2D eigenvalue weighted by Gasteiger charge is 2.23. The van der Waals surface area contributed by atoms with E-state index in [1.165, 1.54) is 12.1 Å². The molecule has 1 aromatic heterocycles. The van der Waals surface area contributed by atoms with Crippen LogP contribution >= 0.6 is 11.6 Å². The fourth-order valence-electron chi connectivity index (χ4n) is 3.01. The maximum Gasteiger partial charge on any atom is 0.240 e. The number of hydrogen-bond donors (Lipinski definition) is 0. The zero-order chi connectivity index (χ0) is 19.3. The van der Waals surface area contributed by atoms with Gasteiger partial charge in [0.25, 0.3) is 0 Å². The lowest BCUT2D eigenvalue weighted by Gasteiger charge is -2.32. The lowest BCUT2D eigenvalue weighted by Crippen LogP contribution is -2.37. The molecule has 1 aliphatic heterocycles. The van der Waals surface area contributed by atoms with E-state index < -0.39 is 0 Å². The highest BCUT2D eigenvalue weighted by molar-refractivity contribution is 6.30. The summed E-state index contributed by atoms with van der Waals surface area (Å²) < 4.78 is 29.7. The maximum atomic E-state index is 12.9. The van der Waals surface area contributed by atoms with Crippen molar-refractivity contribution in [2.24, 2.45) is 0 Å². The Morgan fingerprint density at radius 1 is 1.14 bits per heavy atom. The van der Waals surface area contributed by atoms with E-state index >= 15 is 0 Å². The van der Waals surface area contributed by atoms with Crippen LogP contribution in [0.2, 0.25) is 5.02 Å². The SMILES string of the molecule is Fc1ccc(OCc2noc(CN3CCOC(c4ccc(Cl)cc4)C3)n2)cc1. The fourth-order valence-corrected chi connectivity index (χ4v) is 3.13. The lowest BCUT2D eigenvalue weighted by atomic mass is 10.1. The third kappa shape index (κ3) is 4.86. The van der Waals surface area contributed by atoms with Crippen LogP contribution in [-0.4, -0.2) is 34.7 Å². The average molecular weight is 404 g/mol. The summed E-state index contributed by atoms with van der Waals surface area (Å²) in [6.45, 7) is 2.84. The van der Waals surface area contributed by atoms with Crippen LogP contribution in [0.5, 0.6) is 5.75 Å². The first kappa shape index (κ1) is 18.9. The normalized spacial score (nSPS) is 17.6. The molecule has 0 aliphatic carbocycles. The van der Waals surface area contributed by atoms with E-state index in [0.29, 0.717) is 35.6 Å². The molecule has 0 N–H and O–H groups in total. The predicted octanol–water partition coefficient (Wildman–Crippen LogP) is 4.01. The van der Waals surface area contributed by atoms with Gasteiger partial charge < -0.3 is 14.0 Å². The minimum absolute atomic E-state index is 0.0183. The molecule has 0 bridgehead atoms. The molecule has 1 saturated heterocycles. The maximum absolute atomic E-state index is 12.9. The van der Waals surface area contributed by atoms with E-state index in [2.05, 4.69) is 15.0 Å². The van der Waals surface area contributed by atoms with Crippen LogP contribution in [0.4, 0.5) is 4.39 Å². The second kappa shape index (κ2) is 8.68. The highest BCUT2D eigenvalue weighted by atomic mass is 35.5. The first-order valence-corrected chi connectivity index (χ1v) is 9.33. The van der Waals surface area contributed by atoms with Crippen molar-refractivity contribution in [2.75, 3.05) is 19.7 Å². The molecule has 0 amide bonds. The van der Waals surface area contributed by atoms with Crippen molar-refractivity contribution in [1.29, 1.82) is 0 Å². The molecule has 1 aliphatic rings. The summed E-state index contributed by atoms with van der Waals surface area (Å²) >= 11 is 5.95. The van der Waals surface area contributed by atoms with Gasteiger partial charge in [0.1, 0.15) is 11.6 Å². The molecule has 6 nitrogen and oxygen atoms in total. The molecule has 0 spiro atoms. The minimum atomic E-state index is -0.309. The number of ether oxygens (including phenoxy) is 2. The Labute approximate surface area is 166 Å². The average Bonchev–Trinajstić information content (AvgIpc) is 3.16. The van der Waals surface area contributed by atoms with Crippen LogP contribution in [0.15, 0.2) is 53.1 Å². The summed E-state index contributed by atoms with van der Waals surface area (Å²) in [5, 5.41) is 4.65. The summed E-state index contributed by atoms with van der Waals surface area (Å²) in [6, 6.07) is 13.5. The molecular weight excluding hydrogens is 385 g/mol. The summed E-state index contributed by atoms with van der Waals surface area (Å²) in [5.74, 6) is 1.21. The summed E-state index contributed by atoms with van der Waals surface area (Å²) in [4.78, 5) is 6.58. The van der Waals surface area contributed by atoms with Crippen molar-refractivity contribution in [2.45, 2.75) is 19.3 Å². The van der Waals surface area contributed by atoms with Crippen LogP contribution in [0.1, 0.15) is 23.4 Å². The molecule has 3 aromatic rings. The zero-order valence-electron chi connectivity index (χ0n) is 15.1. The van der Waals surface area contributed by atoms with Gasteiger partial charge in [-0.15, -0.1) is 0 Å². The van der Waals surface area contributed by atoms with E-state index in [-0.39, 0.29) is 18.5 Å². The van der Waals surface area contributed by atoms with Crippen LogP contribution in [0.3, 0.4) is 0 Å². The van der Waals surface area contributed by atoms with Crippen molar-refractivity contribution in [3.8, 4) is 5.75 Å². The molecule has 8 heteroatoms. The standard InChI is InChI=1S/C20H19ClFN3O3/c21-15-3-1-14(2-4-15)18-11-25(9-10-26-18)12-20-23-19(24-28-20)13-27-17-7-5-16(22)6-8-17/h1-8,18H,9-13H2. The van der Waals surface area contributed by atoms with Crippen molar-refractivity contribution in [3.05, 3.63) is 76.6 Å². The van der Waals surface area contributed by atoms with Crippen LogP contribution < -0.4 is 4.74 Å². The molecule has 1 unspecified atom stereocenters. The molecule has 2 heterocycles. The molecule has 146 valence electrons.